The quantitative estimate of drug-likeness (QED) is 0.865. The van der Waals surface area contributed by atoms with Crippen LogP contribution in [-0.2, 0) is 0 Å². The van der Waals surface area contributed by atoms with E-state index in [0.717, 1.165) is 37.9 Å². The molecular formula is C14H23N5O. The lowest BCUT2D eigenvalue weighted by Gasteiger charge is -2.35. The van der Waals surface area contributed by atoms with Gasteiger partial charge in [0, 0.05) is 32.7 Å². The molecular weight excluding hydrogens is 254 g/mol. The van der Waals surface area contributed by atoms with Crippen LogP contribution >= 0.6 is 0 Å². The van der Waals surface area contributed by atoms with Crippen LogP contribution in [0.5, 0.6) is 5.88 Å². The normalized spacial score (nSPS) is 20.1. The van der Waals surface area contributed by atoms with Gasteiger partial charge in [-0.15, -0.1) is 0 Å². The molecule has 1 saturated heterocycles. The summed E-state index contributed by atoms with van der Waals surface area (Å²) >= 11 is 0. The Hall–Kier alpha value is -1.56. The van der Waals surface area contributed by atoms with Gasteiger partial charge in [0.05, 0.1) is 6.61 Å². The zero-order chi connectivity index (χ0) is 13.9. The Kier molecular flexibility index (Phi) is 3.91. The minimum atomic E-state index is 0.498. The van der Waals surface area contributed by atoms with Crippen molar-refractivity contribution in [1.29, 1.82) is 0 Å². The van der Waals surface area contributed by atoms with Gasteiger partial charge in [-0.1, -0.05) is 0 Å². The predicted molar refractivity (Wildman–Crippen MR) is 79.0 cm³/mol. The lowest BCUT2D eigenvalue weighted by molar-refractivity contribution is 0.247. The summed E-state index contributed by atoms with van der Waals surface area (Å²) in [7, 11) is 0. The Morgan fingerprint density at radius 1 is 1.25 bits per heavy atom. The fraction of sp³-hybridized carbons (Fsp3) is 0.714. The number of piperazine rings is 1. The van der Waals surface area contributed by atoms with Gasteiger partial charge in [-0.25, -0.2) is 4.98 Å². The molecule has 2 N–H and O–H groups in total. The maximum atomic E-state index is 6.12. The summed E-state index contributed by atoms with van der Waals surface area (Å²) in [6.07, 6.45) is 4.36. The van der Waals surface area contributed by atoms with Crippen LogP contribution in [-0.4, -0.2) is 54.2 Å². The second-order valence-electron chi connectivity index (χ2n) is 5.58. The molecule has 0 amide bonds. The third-order valence-corrected chi connectivity index (χ3v) is 3.99. The van der Waals surface area contributed by atoms with Crippen LogP contribution in [0.4, 0.5) is 11.5 Å². The molecule has 0 atom stereocenters. The molecule has 110 valence electrons. The molecule has 0 radical (unpaired) electrons. The van der Waals surface area contributed by atoms with Gasteiger partial charge in [0.25, 0.3) is 0 Å². The van der Waals surface area contributed by atoms with Gasteiger partial charge in [0.1, 0.15) is 12.0 Å². The molecule has 1 aliphatic heterocycles. The first-order valence-corrected chi connectivity index (χ1v) is 7.48. The Bertz CT molecular complexity index is 455. The van der Waals surface area contributed by atoms with Crippen molar-refractivity contribution < 1.29 is 4.74 Å². The molecule has 1 aromatic heterocycles. The van der Waals surface area contributed by atoms with E-state index in [1.54, 1.807) is 0 Å². The maximum absolute atomic E-state index is 6.12. The SMILES string of the molecule is CCOc1ncnc(N2CCN(CC3CC3)CC2)c1N. The fourth-order valence-electron chi connectivity index (χ4n) is 2.68. The number of hydrogen-bond acceptors (Lipinski definition) is 6. The summed E-state index contributed by atoms with van der Waals surface area (Å²) in [5.41, 5.74) is 6.68. The first kappa shape index (κ1) is 13.4. The maximum Gasteiger partial charge on any atom is 0.242 e. The van der Waals surface area contributed by atoms with Crippen LogP contribution in [0.1, 0.15) is 19.8 Å². The van der Waals surface area contributed by atoms with Gasteiger partial charge in [-0.05, 0) is 25.7 Å². The molecule has 1 aliphatic carbocycles. The molecule has 3 rings (SSSR count). The summed E-state index contributed by atoms with van der Waals surface area (Å²) in [6.45, 7) is 7.87. The number of anilines is 2. The van der Waals surface area contributed by atoms with Gasteiger partial charge in [-0.3, -0.25) is 4.90 Å². The minimum absolute atomic E-state index is 0.498. The largest absolute Gasteiger partial charge is 0.476 e. The Morgan fingerprint density at radius 3 is 2.65 bits per heavy atom. The van der Waals surface area contributed by atoms with E-state index in [1.165, 1.54) is 25.7 Å². The highest BCUT2D eigenvalue weighted by Gasteiger charge is 2.27. The van der Waals surface area contributed by atoms with Crippen LogP contribution in [0.25, 0.3) is 0 Å². The van der Waals surface area contributed by atoms with E-state index in [0.29, 0.717) is 18.2 Å². The van der Waals surface area contributed by atoms with Crippen molar-refractivity contribution in [3.8, 4) is 5.88 Å². The van der Waals surface area contributed by atoms with E-state index in [-0.39, 0.29) is 0 Å². The number of nitrogen functional groups attached to an aromatic ring is 1. The Labute approximate surface area is 119 Å². The Morgan fingerprint density at radius 2 is 2.00 bits per heavy atom. The molecule has 1 aromatic rings. The standard InChI is InChI=1S/C14H23N5O/c1-2-20-14-12(15)13(16-10-17-14)19-7-5-18(6-8-19)9-11-3-4-11/h10-11H,2-9,15H2,1H3. The van der Waals surface area contributed by atoms with Crippen molar-refractivity contribution in [3.63, 3.8) is 0 Å². The monoisotopic (exact) mass is 277 g/mol. The van der Waals surface area contributed by atoms with Crippen molar-refractivity contribution in [2.24, 2.45) is 5.92 Å². The van der Waals surface area contributed by atoms with Crippen LogP contribution < -0.4 is 15.4 Å². The lowest BCUT2D eigenvalue weighted by Crippen LogP contribution is -2.47. The number of hydrogen-bond donors (Lipinski definition) is 1. The molecule has 20 heavy (non-hydrogen) atoms. The summed E-state index contributed by atoms with van der Waals surface area (Å²) in [5.74, 6) is 2.27. The van der Waals surface area contributed by atoms with E-state index in [1.807, 2.05) is 6.92 Å². The number of ether oxygens (including phenoxy) is 1. The molecule has 0 bridgehead atoms. The van der Waals surface area contributed by atoms with Crippen molar-refractivity contribution in [2.75, 3.05) is 50.0 Å². The summed E-state index contributed by atoms with van der Waals surface area (Å²) in [4.78, 5) is 13.2. The third kappa shape index (κ3) is 2.95. The van der Waals surface area contributed by atoms with Crippen LogP contribution in [0.15, 0.2) is 6.33 Å². The van der Waals surface area contributed by atoms with E-state index in [2.05, 4.69) is 19.8 Å². The highest BCUT2D eigenvalue weighted by Crippen LogP contribution is 2.31. The smallest absolute Gasteiger partial charge is 0.242 e. The third-order valence-electron chi connectivity index (χ3n) is 3.99. The highest BCUT2D eigenvalue weighted by molar-refractivity contribution is 5.67. The summed E-state index contributed by atoms with van der Waals surface area (Å²) < 4.78 is 5.44. The molecule has 0 aromatic carbocycles. The predicted octanol–water partition coefficient (Wildman–Crippen LogP) is 0.989. The van der Waals surface area contributed by atoms with Crippen molar-refractivity contribution >= 4 is 11.5 Å². The molecule has 0 spiro atoms. The Balaban J connectivity index is 1.63. The van der Waals surface area contributed by atoms with Crippen LogP contribution in [0, 0.1) is 5.92 Å². The van der Waals surface area contributed by atoms with E-state index in [9.17, 15) is 0 Å². The molecule has 2 aliphatic rings. The molecule has 6 heteroatoms. The zero-order valence-electron chi connectivity index (χ0n) is 12.1. The van der Waals surface area contributed by atoms with Crippen molar-refractivity contribution in [2.45, 2.75) is 19.8 Å². The van der Waals surface area contributed by atoms with Gasteiger partial charge in [0.2, 0.25) is 5.88 Å². The number of rotatable bonds is 5. The van der Waals surface area contributed by atoms with Crippen LogP contribution in [0.3, 0.4) is 0 Å². The van der Waals surface area contributed by atoms with Gasteiger partial charge in [-0.2, -0.15) is 4.98 Å². The summed E-state index contributed by atoms with van der Waals surface area (Å²) in [6, 6.07) is 0. The average Bonchev–Trinajstić information content (AvgIpc) is 3.27. The molecule has 6 nitrogen and oxygen atoms in total. The van der Waals surface area contributed by atoms with Gasteiger partial charge >= 0.3 is 0 Å². The number of nitrogens with two attached hydrogens (primary N) is 1. The second-order valence-corrected chi connectivity index (χ2v) is 5.58. The van der Waals surface area contributed by atoms with E-state index < -0.39 is 0 Å². The van der Waals surface area contributed by atoms with Gasteiger partial charge < -0.3 is 15.4 Å². The van der Waals surface area contributed by atoms with Gasteiger partial charge in [0.15, 0.2) is 5.82 Å². The molecule has 2 fully saturated rings. The second kappa shape index (κ2) is 5.83. The zero-order valence-corrected chi connectivity index (χ0v) is 12.1. The molecule has 1 saturated carbocycles. The van der Waals surface area contributed by atoms with E-state index >= 15 is 0 Å². The average molecular weight is 277 g/mol. The molecule has 2 heterocycles. The minimum Gasteiger partial charge on any atom is -0.476 e. The summed E-state index contributed by atoms with van der Waals surface area (Å²) in [5, 5.41) is 0. The van der Waals surface area contributed by atoms with E-state index in [4.69, 9.17) is 10.5 Å². The first-order chi connectivity index (χ1) is 9.78. The van der Waals surface area contributed by atoms with Crippen molar-refractivity contribution in [1.82, 2.24) is 14.9 Å². The van der Waals surface area contributed by atoms with Crippen molar-refractivity contribution in [3.05, 3.63) is 6.33 Å². The first-order valence-electron chi connectivity index (χ1n) is 7.48. The topological polar surface area (TPSA) is 67.5 Å². The van der Waals surface area contributed by atoms with Crippen LogP contribution in [0.2, 0.25) is 0 Å². The fourth-order valence-corrected chi connectivity index (χ4v) is 2.68. The molecule has 0 unspecified atom stereocenters. The number of nitrogens with zero attached hydrogens (tertiary/aromatic N) is 4. The lowest BCUT2D eigenvalue weighted by atomic mass is 10.2. The highest BCUT2D eigenvalue weighted by atomic mass is 16.5. The number of aromatic nitrogens is 2.